The molecule has 0 radical (unpaired) electrons. The molecule has 0 aliphatic heterocycles. The van der Waals surface area contributed by atoms with Crippen LogP contribution in [0.5, 0.6) is 0 Å². The molecule has 1 aromatic heterocycles. The van der Waals surface area contributed by atoms with Crippen molar-refractivity contribution in [3.05, 3.63) is 65.1 Å². The summed E-state index contributed by atoms with van der Waals surface area (Å²) in [5, 5.41) is 0.616. The van der Waals surface area contributed by atoms with Gasteiger partial charge in [0, 0.05) is 36.9 Å². The molecule has 0 fully saturated rings. The number of rotatable bonds is 7. The van der Waals surface area contributed by atoms with Gasteiger partial charge in [0.15, 0.2) is 0 Å². The molecule has 22 heavy (non-hydrogen) atoms. The van der Waals surface area contributed by atoms with E-state index in [-0.39, 0.29) is 5.91 Å². The summed E-state index contributed by atoms with van der Waals surface area (Å²) in [6, 6.07) is 9.22. The van der Waals surface area contributed by atoms with Crippen LogP contribution in [0.3, 0.4) is 0 Å². The van der Waals surface area contributed by atoms with Gasteiger partial charge in [-0.05, 0) is 23.8 Å². The normalized spacial score (nSPS) is 11.0. The lowest BCUT2D eigenvalue weighted by Crippen LogP contribution is -2.31. The van der Waals surface area contributed by atoms with Crippen molar-refractivity contribution in [2.45, 2.75) is 6.54 Å². The maximum absolute atomic E-state index is 12.4. The summed E-state index contributed by atoms with van der Waals surface area (Å²) in [6.07, 6.45) is 6.47. The van der Waals surface area contributed by atoms with Crippen molar-refractivity contribution < 1.29 is 13.9 Å². The Bertz CT molecular complexity index is 623. The molecule has 0 unspecified atom stereocenters. The first-order chi connectivity index (χ1) is 10.7. The second kappa shape index (κ2) is 8.41. The fourth-order valence-corrected chi connectivity index (χ4v) is 2.15. The van der Waals surface area contributed by atoms with Crippen LogP contribution in [0.2, 0.25) is 5.02 Å². The van der Waals surface area contributed by atoms with E-state index in [0.717, 1.165) is 11.1 Å². The summed E-state index contributed by atoms with van der Waals surface area (Å²) in [5.74, 6) is -0.0989. The van der Waals surface area contributed by atoms with E-state index in [2.05, 4.69) is 0 Å². The molecule has 2 aromatic rings. The highest BCUT2D eigenvalue weighted by molar-refractivity contribution is 6.32. The third kappa shape index (κ3) is 4.76. The van der Waals surface area contributed by atoms with E-state index in [9.17, 15) is 4.79 Å². The van der Waals surface area contributed by atoms with Gasteiger partial charge in [-0.25, -0.2) is 0 Å². The molecule has 4 nitrogen and oxygen atoms in total. The minimum atomic E-state index is -0.0989. The number of ether oxygens (including phenoxy) is 1. The van der Waals surface area contributed by atoms with Crippen LogP contribution >= 0.6 is 11.6 Å². The largest absolute Gasteiger partial charge is 0.472 e. The summed E-state index contributed by atoms with van der Waals surface area (Å²) in [5.41, 5.74) is 1.75. The number of amides is 1. The Hall–Kier alpha value is -2.04. The van der Waals surface area contributed by atoms with Gasteiger partial charge in [0.2, 0.25) is 5.91 Å². The molecule has 1 heterocycles. The predicted octanol–water partition coefficient (Wildman–Crippen LogP) is 3.62. The number of carbonyl (C=O) groups excluding carboxylic acids is 1. The Kier molecular flexibility index (Phi) is 6.25. The molecule has 0 atom stereocenters. The maximum Gasteiger partial charge on any atom is 0.246 e. The first-order valence-corrected chi connectivity index (χ1v) is 7.30. The number of hydrogen-bond donors (Lipinski definition) is 0. The molecule has 1 aromatic carbocycles. The Morgan fingerprint density at radius 2 is 2.18 bits per heavy atom. The van der Waals surface area contributed by atoms with Gasteiger partial charge in [-0.3, -0.25) is 4.79 Å². The average molecular weight is 320 g/mol. The van der Waals surface area contributed by atoms with Gasteiger partial charge >= 0.3 is 0 Å². The van der Waals surface area contributed by atoms with Crippen LogP contribution in [0.4, 0.5) is 0 Å². The van der Waals surface area contributed by atoms with E-state index < -0.39 is 0 Å². The van der Waals surface area contributed by atoms with Crippen LogP contribution in [-0.4, -0.2) is 31.1 Å². The zero-order chi connectivity index (χ0) is 15.8. The number of halogens is 1. The van der Waals surface area contributed by atoms with Gasteiger partial charge in [-0.1, -0.05) is 29.8 Å². The van der Waals surface area contributed by atoms with Crippen LogP contribution in [0, 0.1) is 0 Å². The summed E-state index contributed by atoms with van der Waals surface area (Å²) in [4.78, 5) is 14.1. The van der Waals surface area contributed by atoms with Gasteiger partial charge in [0.1, 0.15) is 0 Å². The van der Waals surface area contributed by atoms with E-state index in [4.69, 9.17) is 20.8 Å². The van der Waals surface area contributed by atoms with Crippen molar-refractivity contribution >= 4 is 23.6 Å². The molecule has 0 bridgehead atoms. The van der Waals surface area contributed by atoms with E-state index in [1.54, 1.807) is 36.7 Å². The fraction of sp³-hybridized carbons (Fsp3) is 0.235. The topological polar surface area (TPSA) is 42.7 Å². The van der Waals surface area contributed by atoms with Crippen LogP contribution in [0.1, 0.15) is 11.1 Å². The number of furan rings is 1. The van der Waals surface area contributed by atoms with E-state index in [1.165, 1.54) is 6.08 Å². The summed E-state index contributed by atoms with van der Waals surface area (Å²) < 4.78 is 10.1. The molecule has 2 rings (SSSR count). The summed E-state index contributed by atoms with van der Waals surface area (Å²) in [7, 11) is 1.61. The van der Waals surface area contributed by atoms with Crippen molar-refractivity contribution in [3.63, 3.8) is 0 Å². The van der Waals surface area contributed by atoms with Crippen molar-refractivity contribution in [1.82, 2.24) is 4.90 Å². The monoisotopic (exact) mass is 319 g/mol. The van der Waals surface area contributed by atoms with Gasteiger partial charge in [0.25, 0.3) is 0 Å². The smallest absolute Gasteiger partial charge is 0.246 e. The third-order valence-corrected chi connectivity index (χ3v) is 3.49. The van der Waals surface area contributed by atoms with Gasteiger partial charge < -0.3 is 14.1 Å². The fourth-order valence-electron chi connectivity index (χ4n) is 1.95. The second-order valence-electron chi connectivity index (χ2n) is 4.74. The molecule has 0 saturated carbocycles. The number of carbonyl (C=O) groups is 1. The zero-order valence-corrected chi connectivity index (χ0v) is 13.1. The summed E-state index contributed by atoms with van der Waals surface area (Å²) >= 11 is 6.08. The predicted molar refractivity (Wildman–Crippen MR) is 86.5 cm³/mol. The van der Waals surface area contributed by atoms with Crippen molar-refractivity contribution in [1.29, 1.82) is 0 Å². The number of methoxy groups -OCH3 is 1. The Morgan fingerprint density at radius 3 is 2.86 bits per heavy atom. The van der Waals surface area contributed by atoms with Crippen LogP contribution in [-0.2, 0) is 16.1 Å². The highest BCUT2D eigenvalue weighted by Gasteiger charge is 2.12. The van der Waals surface area contributed by atoms with Crippen LogP contribution in [0.15, 0.2) is 53.4 Å². The molecular weight excluding hydrogens is 302 g/mol. The lowest BCUT2D eigenvalue weighted by atomic mass is 10.2. The number of benzene rings is 1. The first kappa shape index (κ1) is 16.3. The van der Waals surface area contributed by atoms with Crippen molar-refractivity contribution in [2.75, 3.05) is 20.3 Å². The molecular formula is C17H18ClNO3. The Morgan fingerprint density at radius 1 is 1.36 bits per heavy atom. The third-order valence-electron chi connectivity index (χ3n) is 3.14. The molecule has 116 valence electrons. The molecule has 0 spiro atoms. The van der Waals surface area contributed by atoms with Crippen LogP contribution < -0.4 is 0 Å². The average Bonchev–Trinajstić information content (AvgIpc) is 3.03. The number of nitrogens with zero attached hydrogens (tertiary/aromatic N) is 1. The van der Waals surface area contributed by atoms with E-state index in [0.29, 0.717) is 24.7 Å². The van der Waals surface area contributed by atoms with E-state index in [1.807, 2.05) is 24.3 Å². The van der Waals surface area contributed by atoms with Gasteiger partial charge in [-0.15, -0.1) is 0 Å². The standard InChI is InChI=1S/C17H18ClNO3/c1-21-11-9-19(12-14-8-10-22-13-14)17(20)7-6-15-4-2-3-5-16(15)18/h2-8,10,13H,9,11-12H2,1H3. The molecule has 0 aliphatic rings. The molecule has 0 saturated heterocycles. The quantitative estimate of drug-likeness (QED) is 0.732. The van der Waals surface area contributed by atoms with Crippen molar-refractivity contribution in [2.24, 2.45) is 0 Å². The van der Waals surface area contributed by atoms with Gasteiger partial charge in [-0.2, -0.15) is 0 Å². The zero-order valence-electron chi connectivity index (χ0n) is 12.4. The van der Waals surface area contributed by atoms with Crippen molar-refractivity contribution in [3.8, 4) is 0 Å². The second-order valence-corrected chi connectivity index (χ2v) is 5.15. The number of hydrogen-bond acceptors (Lipinski definition) is 3. The summed E-state index contributed by atoms with van der Waals surface area (Å²) in [6.45, 7) is 1.46. The van der Waals surface area contributed by atoms with Crippen LogP contribution in [0.25, 0.3) is 6.08 Å². The minimum Gasteiger partial charge on any atom is -0.472 e. The Balaban J connectivity index is 2.06. The highest BCUT2D eigenvalue weighted by atomic mass is 35.5. The SMILES string of the molecule is COCCN(Cc1ccoc1)C(=O)C=Cc1ccccc1Cl. The molecule has 1 amide bonds. The molecule has 0 N–H and O–H groups in total. The Labute approximate surface area is 134 Å². The molecule has 0 aliphatic carbocycles. The molecule has 5 heteroatoms. The lowest BCUT2D eigenvalue weighted by Gasteiger charge is -2.20. The highest BCUT2D eigenvalue weighted by Crippen LogP contribution is 2.16. The van der Waals surface area contributed by atoms with Gasteiger partial charge in [0.05, 0.1) is 19.1 Å². The first-order valence-electron chi connectivity index (χ1n) is 6.92. The lowest BCUT2D eigenvalue weighted by molar-refractivity contribution is -0.127. The minimum absolute atomic E-state index is 0.0989. The maximum atomic E-state index is 12.4. The van der Waals surface area contributed by atoms with E-state index >= 15 is 0 Å².